The minimum atomic E-state index is -1.87. The zero-order valence-corrected chi connectivity index (χ0v) is 15.4. The van der Waals surface area contributed by atoms with Crippen LogP contribution >= 0.6 is 0 Å². The smallest absolute Gasteiger partial charge is 0.193 e. The van der Waals surface area contributed by atoms with E-state index in [0.717, 1.165) is 6.42 Å². The fourth-order valence-corrected chi connectivity index (χ4v) is 2.85. The molecule has 0 spiro atoms. The first-order valence-electron chi connectivity index (χ1n) is 7.81. The summed E-state index contributed by atoms with van der Waals surface area (Å²) in [4.78, 5) is 0. The van der Waals surface area contributed by atoms with Gasteiger partial charge in [-0.15, -0.1) is 0 Å². The van der Waals surface area contributed by atoms with E-state index < -0.39 is 14.4 Å². The summed E-state index contributed by atoms with van der Waals surface area (Å²) in [5.41, 5.74) is 0. The summed E-state index contributed by atoms with van der Waals surface area (Å²) >= 11 is 0. The van der Waals surface area contributed by atoms with Crippen LogP contribution in [0.4, 0.5) is 0 Å². The zero-order valence-electron chi connectivity index (χ0n) is 14.4. The molecule has 0 saturated heterocycles. The molecule has 0 aromatic rings. The monoisotopic (exact) mass is 298 g/mol. The Morgan fingerprint density at radius 1 is 1.20 bits per heavy atom. The molecule has 0 aliphatic heterocycles. The molecule has 0 amide bonds. The highest BCUT2D eigenvalue weighted by atomic mass is 28.4. The fraction of sp³-hybridized carbons (Fsp3) is 0.765. The lowest BCUT2D eigenvalue weighted by Crippen LogP contribution is -2.46. The average molecular weight is 299 g/mol. The van der Waals surface area contributed by atoms with Crippen LogP contribution in [0.5, 0.6) is 0 Å². The molecule has 0 aromatic heterocycles. The molecular weight excluding hydrogens is 264 g/mol. The molecule has 0 aliphatic carbocycles. The molecule has 0 bridgehead atoms. The first-order chi connectivity index (χ1) is 9.15. The highest BCUT2D eigenvalue weighted by Gasteiger charge is 2.39. The van der Waals surface area contributed by atoms with Crippen molar-refractivity contribution in [3.8, 4) is 0 Å². The number of allylic oxidation sites excluding steroid dienone is 2. The van der Waals surface area contributed by atoms with Crippen molar-refractivity contribution < 1.29 is 9.53 Å². The van der Waals surface area contributed by atoms with Gasteiger partial charge in [-0.2, -0.15) is 0 Å². The van der Waals surface area contributed by atoms with Gasteiger partial charge in [0.15, 0.2) is 8.32 Å². The average Bonchev–Trinajstić information content (AvgIpc) is 2.32. The standard InChI is InChI=1S/C17H34O2Si/c1-8-10-11-12-14-15(18)16(13-9-2)19-20(6,7)17(3,4)5/h9,12-16,18H,8,10-11H2,1-7H3/b13-9+,14-12+/t15-,16+/m1/s1. The van der Waals surface area contributed by atoms with Crippen LogP contribution in [0.1, 0.15) is 53.9 Å². The molecule has 3 heteroatoms. The van der Waals surface area contributed by atoms with Crippen molar-refractivity contribution in [2.24, 2.45) is 0 Å². The molecule has 118 valence electrons. The van der Waals surface area contributed by atoms with E-state index in [1.165, 1.54) is 12.8 Å². The van der Waals surface area contributed by atoms with Gasteiger partial charge in [-0.1, -0.05) is 64.8 Å². The van der Waals surface area contributed by atoms with Crippen molar-refractivity contribution in [3.63, 3.8) is 0 Å². The summed E-state index contributed by atoms with van der Waals surface area (Å²) in [6.45, 7) is 15.2. The van der Waals surface area contributed by atoms with E-state index >= 15 is 0 Å². The summed E-state index contributed by atoms with van der Waals surface area (Å²) < 4.78 is 6.31. The first-order valence-corrected chi connectivity index (χ1v) is 10.7. The van der Waals surface area contributed by atoms with Gasteiger partial charge in [0, 0.05) is 0 Å². The Morgan fingerprint density at radius 3 is 2.25 bits per heavy atom. The van der Waals surface area contributed by atoms with E-state index in [4.69, 9.17) is 4.43 Å². The predicted octanol–water partition coefficient (Wildman–Crippen LogP) is 5.06. The SMILES string of the molecule is C/C=C/[C@H](O[Si](C)(C)C(C)(C)C)[C@H](O)/C=C/CCCC. The summed E-state index contributed by atoms with van der Waals surface area (Å²) in [5, 5.41) is 10.5. The van der Waals surface area contributed by atoms with Crippen molar-refractivity contribution in [1.29, 1.82) is 0 Å². The molecule has 0 rings (SSSR count). The van der Waals surface area contributed by atoms with Crippen molar-refractivity contribution in [3.05, 3.63) is 24.3 Å². The second kappa shape index (κ2) is 8.80. The van der Waals surface area contributed by atoms with E-state index in [1.54, 1.807) is 0 Å². The normalized spacial score (nSPS) is 17.0. The van der Waals surface area contributed by atoms with E-state index in [-0.39, 0.29) is 11.1 Å². The molecular formula is C17H34O2Si. The van der Waals surface area contributed by atoms with Crippen molar-refractivity contribution >= 4 is 8.32 Å². The molecule has 0 aromatic carbocycles. The topological polar surface area (TPSA) is 29.5 Å². The third kappa shape index (κ3) is 6.87. The maximum Gasteiger partial charge on any atom is 0.193 e. The predicted molar refractivity (Wildman–Crippen MR) is 91.6 cm³/mol. The molecule has 0 heterocycles. The number of hydrogen-bond acceptors (Lipinski definition) is 2. The Balaban J connectivity index is 4.76. The van der Waals surface area contributed by atoms with Crippen molar-refractivity contribution in [2.45, 2.75) is 84.2 Å². The third-order valence-electron chi connectivity index (χ3n) is 4.01. The molecule has 0 radical (unpaired) electrons. The number of unbranched alkanes of at least 4 members (excludes halogenated alkanes) is 2. The first kappa shape index (κ1) is 19.6. The maximum atomic E-state index is 10.3. The zero-order chi connectivity index (χ0) is 15.8. The van der Waals surface area contributed by atoms with E-state index in [0.29, 0.717) is 0 Å². The van der Waals surface area contributed by atoms with Gasteiger partial charge in [0.25, 0.3) is 0 Å². The lowest BCUT2D eigenvalue weighted by molar-refractivity contribution is 0.0872. The van der Waals surface area contributed by atoms with Gasteiger partial charge in [-0.3, -0.25) is 0 Å². The van der Waals surface area contributed by atoms with Crippen LogP contribution in [-0.4, -0.2) is 25.6 Å². The summed E-state index contributed by atoms with van der Waals surface area (Å²) in [5.74, 6) is 0. The second-order valence-corrected chi connectivity index (χ2v) is 11.7. The highest BCUT2D eigenvalue weighted by molar-refractivity contribution is 6.74. The van der Waals surface area contributed by atoms with Crippen LogP contribution in [0.25, 0.3) is 0 Å². The Bertz CT molecular complexity index is 313. The van der Waals surface area contributed by atoms with Gasteiger partial charge in [0.2, 0.25) is 0 Å². The van der Waals surface area contributed by atoms with Crippen LogP contribution in [-0.2, 0) is 4.43 Å². The summed E-state index contributed by atoms with van der Waals surface area (Å²) in [7, 11) is -1.87. The number of aliphatic hydroxyl groups excluding tert-OH is 1. The number of aliphatic hydroxyl groups is 1. The molecule has 2 nitrogen and oxygen atoms in total. The number of rotatable bonds is 8. The molecule has 2 atom stereocenters. The molecule has 20 heavy (non-hydrogen) atoms. The van der Waals surface area contributed by atoms with Gasteiger partial charge in [0.05, 0.1) is 6.10 Å². The van der Waals surface area contributed by atoms with Crippen LogP contribution in [0.2, 0.25) is 18.1 Å². The summed E-state index contributed by atoms with van der Waals surface area (Å²) in [6, 6.07) is 0. The third-order valence-corrected chi connectivity index (χ3v) is 8.49. The van der Waals surface area contributed by atoms with Crippen LogP contribution in [0, 0.1) is 0 Å². The van der Waals surface area contributed by atoms with E-state index in [9.17, 15) is 5.11 Å². The number of hydrogen-bond donors (Lipinski definition) is 1. The van der Waals surface area contributed by atoms with Gasteiger partial charge in [0.1, 0.15) is 6.10 Å². The maximum absolute atomic E-state index is 10.3. The quantitative estimate of drug-likeness (QED) is 0.385. The molecule has 0 saturated carbocycles. The molecule has 0 aliphatic rings. The van der Waals surface area contributed by atoms with Gasteiger partial charge in [-0.25, -0.2) is 0 Å². The van der Waals surface area contributed by atoms with Crippen LogP contribution < -0.4 is 0 Å². The summed E-state index contributed by atoms with van der Waals surface area (Å²) in [6.07, 6.45) is 10.5. The lowest BCUT2D eigenvalue weighted by atomic mass is 10.1. The molecule has 0 unspecified atom stereocenters. The Kier molecular flexibility index (Phi) is 8.64. The van der Waals surface area contributed by atoms with Gasteiger partial charge >= 0.3 is 0 Å². The lowest BCUT2D eigenvalue weighted by Gasteiger charge is -2.39. The molecule has 0 fully saturated rings. The second-order valence-electron chi connectivity index (χ2n) is 6.93. The van der Waals surface area contributed by atoms with Gasteiger partial charge in [-0.05, 0) is 31.5 Å². The van der Waals surface area contributed by atoms with Crippen molar-refractivity contribution in [2.75, 3.05) is 0 Å². The highest BCUT2D eigenvalue weighted by Crippen LogP contribution is 2.37. The van der Waals surface area contributed by atoms with Gasteiger partial charge < -0.3 is 9.53 Å². The Hall–Kier alpha value is -0.383. The van der Waals surface area contributed by atoms with E-state index in [2.05, 4.69) is 46.9 Å². The molecule has 1 N–H and O–H groups in total. The minimum Gasteiger partial charge on any atom is -0.408 e. The fourth-order valence-electron chi connectivity index (χ4n) is 1.60. The van der Waals surface area contributed by atoms with Crippen LogP contribution in [0.3, 0.4) is 0 Å². The van der Waals surface area contributed by atoms with Crippen LogP contribution in [0.15, 0.2) is 24.3 Å². The Morgan fingerprint density at radius 2 is 1.80 bits per heavy atom. The largest absolute Gasteiger partial charge is 0.408 e. The van der Waals surface area contributed by atoms with Crippen molar-refractivity contribution in [1.82, 2.24) is 0 Å². The minimum absolute atomic E-state index is 0.151. The van der Waals surface area contributed by atoms with E-state index in [1.807, 2.05) is 25.2 Å². The Labute approximate surface area is 127 Å².